The number of fused-ring (bicyclic) bond motifs is 20. The van der Waals surface area contributed by atoms with Crippen LogP contribution in [0.25, 0.3) is 139 Å². The molecular formula is C54H28N2S2. The van der Waals surface area contributed by atoms with Crippen molar-refractivity contribution in [2.45, 2.75) is 0 Å². The van der Waals surface area contributed by atoms with Crippen LogP contribution < -0.4 is 0 Å². The lowest BCUT2D eigenvalue weighted by Crippen LogP contribution is -1.84. The van der Waals surface area contributed by atoms with Crippen LogP contribution in [-0.2, 0) is 0 Å². The van der Waals surface area contributed by atoms with Crippen LogP contribution >= 0.6 is 22.7 Å². The van der Waals surface area contributed by atoms with Gasteiger partial charge >= 0.3 is 0 Å². The normalized spacial score (nSPS) is 15.2. The van der Waals surface area contributed by atoms with Gasteiger partial charge in [0, 0.05) is 83.4 Å². The van der Waals surface area contributed by atoms with Gasteiger partial charge in [-0.25, -0.2) is 0 Å². The van der Waals surface area contributed by atoms with Crippen LogP contribution in [-0.4, -0.2) is 8.80 Å². The van der Waals surface area contributed by atoms with Crippen LogP contribution in [0.5, 0.6) is 0 Å². The second-order valence-electron chi connectivity index (χ2n) is 15.2. The number of thiophene rings is 2. The van der Waals surface area contributed by atoms with Crippen LogP contribution in [0.1, 0.15) is 13.7 Å². The van der Waals surface area contributed by atoms with Crippen molar-refractivity contribution in [1.82, 2.24) is 8.80 Å². The minimum absolute atomic E-state index is 0.122. The van der Waals surface area contributed by atoms with Gasteiger partial charge in [0.1, 0.15) is 0 Å². The Balaban J connectivity index is 1.21. The molecule has 58 heavy (non-hydrogen) atoms. The van der Waals surface area contributed by atoms with E-state index in [9.17, 15) is 5.48 Å². The number of aromatic nitrogens is 2. The summed E-state index contributed by atoms with van der Waals surface area (Å²) in [7, 11) is 0. The second-order valence-corrected chi connectivity index (χ2v) is 17.4. The predicted molar refractivity (Wildman–Crippen MR) is 252 cm³/mol. The Morgan fingerprint density at radius 3 is 1.26 bits per heavy atom. The molecule has 4 heteroatoms. The van der Waals surface area contributed by atoms with Crippen LogP contribution in [0.4, 0.5) is 0 Å². The standard InChI is InChI=1S/C54H28N2S2/c1-3-11-29(12-4-1)31-19-21-35-49-39(23-25-45-51(49)33-15-7-9-17-43(33)57-45)55-41-28-38-42(27-37(41)47(31)53(35)55)56-40-24-26-46-52(34-16-8-10-18-44(34)58-46)50(40)36-22-20-32(48(38)54(36)56)30-13-5-2-6-14-30/h1-28H/i1D,2D,3D,4D,5D,6D,11D,12D,13D,14D. The van der Waals surface area contributed by atoms with Gasteiger partial charge in [0.05, 0.1) is 46.8 Å². The minimum Gasteiger partial charge on any atom is -0.308 e. The fraction of sp³-hybridized carbons (Fsp3) is 0. The van der Waals surface area contributed by atoms with Crippen LogP contribution in [0.2, 0.25) is 0 Å². The Kier molecular flexibility index (Phi) is 4.10. The maximum Gasteiger partial charge on any atom is 0.0629 e. The lowest BCUT2D eigenvalue weighted by atomic mass is 9.94. The van der Waals surface area contributed by atoms with Crippen molar-refractivity contribution >= 4 is 139 Å². The predicted octanol–water partition coefficient (Wildman–Crippen LogP) is 16.1. The van der Waals surface area contributed by atoms with Crippen molar-refractivity contribution in [2.24, 2.45) is 0 Å². The SMILES string of the molecule is [2H]c1c([2H])c([2H])c(-c2ccc3c4c5c(ccc4n4c6cc7c8c(-c9c([2H])c([2H])c([2H])c([2H])c9[2H])ccc9c%10c%11c(ccc%10n(c7cc6c2c34)c98)sc2ccccc2%11)sc2ccccc25)c([2H])c1[2H]. The largest absolute Gasteiger partial charge is 0.308 e. The molecule has 6 heterocycles. The monoisotopic (exact) mass is 778 g/mol. The van der Waals surface area contributed by atoms with E-state index in [-0.39, 0.29) is 35.3 Å². The molecule has 0 spiro atoms. The average molecular weight is 779 g/mol. The van der Waals surface area contributed by atoms with E-state index in [4.69, 9.17) is 8.22 Å². The summed E-state index contributed by atoms with van der Waals surface area (Å²) in [5.41, 5.74) is 6.55. The molecular weight excluding hydrogens is 741 g/mol. The lowest BCUT2D eigenvalue weighted by molar-refractivity contribution is 1.36. The van der Waals surface area contributed by atoms with Crippen LogP contribution in [0, 0.1) is 0 Å². The maximum atomic E-state index is 9.24. The van der Waals surface area contributed by atoms with E-state index >= 15 is 0 Å². The molecule has 0 amide bonds. The number of benzene rings is 9. The van der Waals surface area contributed by atoms with E-state index in [0.29, 0.717) is 11.1 Å². The number of hydrogen-bond donors (Lipinski definition) is 0. The Hall–Kier alpha value is -6.98. The van der Waals surface area contributed by atoms with Crippen molar-refractivity contribution in [1.29, 1.82) is 0 Å². The first kappa shape index (κ1) is 22.7. The topological polar surface area (TPSA) is 8.82 Å². The number of nitrogens with zero attached hydrogens (tertiary/aromatic N) is 2. The van der Waals surface area contributed by atoms with Crippen molar-refractivity contribution in [2.75, 3.05) is 0 Å². The third-order valence-corrected chi connectivity index (χ3v) is 14.8. The molecule has 0 unspecified atom stereocenters. The molecule has 0 aliphatic carbocycles. The van der Waals surface area contributed by atoms with E-state index in [1.807, 2.05) is 36.4 Å². The molecule has 15 rings (SSSR count). The third-order valence-electron chi connectivity index (χ3n) is 12.5. The molecule has 15 aromatic rings. The van der Waals surface area contributed by atoms with Crippen LogP contribution in [0.3, 0.4) is 0 Å². The third kappa shape index (κ3) is 3.53. The first-order chi connectivity index (χ1) is 32.9. The summed E-state index contributed by atoms with van der Waals surface area (Å²) >= 11 is 3.47. The molecule has 2 nitrogen and oxygen atoms in total. The molecule has 0 atom stereocenters. The molecule has 0 N–H and O–H groups in total. The molecule has 0 saturated carbocycles. The molecule has 6 aromatic heterocycles. The van der Waals surface area contributed by atoms with Gasteiger partial charge in [-0.05, 0) is 70.8 Å². The number of rotatable bonds is 2. The van der Waals surface area contributed by atoms with E-state index in [0.717, 1.165) is 117 Å². The van der Waals surface area contributed by atoms with E-state index in [1.54, 1.807) is 22.7 Å². The summed E-state index contributed by atoms with van der Waals surface area (Å²) in [6.07, 6.45) is 0. The van der Waals surface area contributed by atoms with E-state index in [1.165, 1.54) is 0 Å². The maximum absolute atomic E-state index is 9.24. The first-order valence-corrected chi connectivity index (χ1v) is 20.7. The van der Waals surface area contributed by atoms with Crippen LogP contribution in [0.15, 0.2) is 170 Å². The van der Waals surface area contributed by atoms with Crippen molar-refractivity contribution in [3.63, 3.8) is 0 Å². The van der Waals surface area contributed by atoms with Crippen molar-refractivity contribution in [3.05, 3.63) is 170 Å². The number of hydrogen-bond acceptors (Lipinski definition) is 2. The van der Waals surface area contributed by atoms with Gasteiger partial charge in [-0.15, -0.1) is 22.7 Å². The fourth-order valence-corrected chi connectivity index (χ4v) is 12.6. The highest BCUT2D eigenvalue weighted by molar-refractivity contribution is 7.26. The molecule has 0 bridgehead atoms. The van der Waals surface area contributed by atoms with Gasteiger partial charge in [-0.3, -0.25) is 0 Å². The molecule has 0 radical (unpaired) electrons. The lowest BCUT2D eigenvalue weighted by Gasteiger charge is -2.07. The summed E-state index contributed by atoms with van der Waals surface area (Å²) < 4.78 is 98.0. The van der Waals surface area contributed by atoms with E-state index in [2.05, 4.69) is 81.6 Å². The van der Waals surface area contributed by atoms with Gasteiger partial charge in [-0.1, -0.05) is 121 Å². The first-order valence-electron chi connectivity index (χ1n) is 24.1. The summed E-state index contributed by atoms with van der Waals surface area (Å²) in [4.78, 5) is 0. The van der Waals surface area contributed by atoms with Gasteiger partial charge in [-0.2, -0.15) is 0 Å². The van der Waals surface area contributed by atoms with Crippen molar-refractivity contribution in [3.8, 4) is 22.3 Å². The van der Waals surface area contributed by atoms with Gasteiger partial charge in [0.2, 0.25) is 0 Å². The highest BCUT2D eigenvalue weighted by Gasteiger charge is 2.27. The summed E-state index contributed by atoms with van der Waals surface area (Å²) in [5.74, 6) is 0. The Labute approximate surface area is 352 Å². The smallest absolute Gasteiger partial charge is 0.0629 e. The summed E-state index contributed by atoms with van der Waals surface area (Å²) in [6.45, 7) is 0. The van der Waals surface area contributed by atoms with Gasteiger partial charge in [0.25, 0.3) is 0 Å². The molecule has 9 aromatic carbocycles. The zero-order valence-corrected chi connectivity index (χ0v) is 31.7. The molecule has 0 saturated heterocycles. The zero-order chi connectivity index (χ0) is 46.1. The quantitative estimate of drug-likeness (QED) is 0.165. The van der Waals surface area contributed by atoms with Gasteiger partial charge in [0.15, 0.2) is 0 Å². The molecule has 266 valence electrons. The molecule has 0 aliphatic rings. The van der Waals surface area contributed by atoms with E-state index < -0.39 is 36.3 Å². The second kappa shape index (κ2) is 10.5. The minimum atomic E-state index is -0.455. The highest BCUT2D eigenvalue weighted by atomic mass is 32.1. The Bertz CT molecular complexity index is 4500. The Morgan fingerprint density at radius 1 is 0.345 bits per heavy atom. The molecule has 0 fully saturated rings. The Morgan fingerprint density at radius 2 is 0.793 bits per heavy atom. The summed E-state index contributed by atoms with van der Waals surface area (Å²) in [6, 6.07) is 33.9. The fourth-order valence-electron chi connectivity index (χ4n) is 10.4. The highest BCUT2D eigenvalue weighted by Crippen LogP contribution is 2.52. The summed E-state index contributed by atoms with van der Waals surface area (Å²) in [5, 5.41) is 11.7. The zero-order valence-electron chi connectivity index (χ0n) is 40.1. The molecule has 0 aliphatic heterocycles. The average Bonchev–Trinajstić information content (AvgIpc) is 4.20. The van der Waals surface area contributed by atoms with Gasteiger partial charge < -0.3 is 8.80 Å². The van der Waals surface area contributed by atoms with Crippen molar-refractivity contribution < 1.29 is 13.7 Å².